The molecule has 3 aromatic rings. The lowest BCUT2D eigenvalue weighted by Crippen LogP contribution is -2.00. The molecule has 3 rings (SSSR count). The van der Waals surface area contributed by atoms with Crippen molar-refractivity contribution in [3.8, 4) is 16.9 Å². The Labute approximate surface area is 132 Å². The lowest BCUT2D eigenvalue weighted by Gasteiger charge is -2.07. The number of thiophene rings is 1. The van der Waals surface area contributed by atoms with Crippen molar-refractivity contribution in [3.63, 3.8) is 0 Å². The topological polar surface area (TPSA) is 46.5 Å². The maximum absolute atomic E-state index is 10.9. The monoisotopic (exact) mass is 310 g/mol. The average molecular weight is 310 g/mol. The summed E-state index contributed by atoms with van der Waals surface area (Å²) in [6.07, 6.45) is 0. The van der Waals surface area contributed by atoms with Crippen LogP contribution in [-0.2, 0) is 6.61 Å². The molecule has 0 aliphatic rings. The van der Waals surface area contributed by atoms with E-state index >= 15 is 0 Å². The third-order valence-electron chi connectivity index (χ3n) is 3.29. The molecule has 0 radical (unpaired) electrons. The second-order valence-corrected chi connectivity index (χ2v) is 5.61. The van der Waals surface area contributed by atoms with Crippen LogP contribution in [0.1, 0.15) is 15.9 Å². The predicted molar refractivity (Wildman–Crippen MR) is 87.5 cm³/mol. The smallest absolute Gasteiger partial charge is 0.335 e. The number of carboxylic acids is 1. The van der Waals surface area contributed by atoms with Gasteiger partial charge in [-0.05, 0) is 57.8 Å². The first-order valence-electron chi connectivity index (χ1n) is 6.80. The fourth-order valence-electron chi connectivity index (χ4n) is 2.13. The number of carboxylic acid groups (broad SMARTS) is 1. The highest BCUT2D eigenvalue weighted by molar-refractivity contribution is 7.08. The van der Waals surface area contributed by atoms with Gasteiger partial charge in [-0.1, -0.05) is 24.3 Å². The van der Waals surface area contributed by atoms with Gasteiger partial charge in [0.25, 0.3) is 0 Å². The Kier molecular flexibility index (Phi) is 4.21. The van der Waals surface area contributed by atoms with Crippen molar-refractivity contribution in [2.45, 2.75) is 6.61 Å². The lowest BCUT2D eigenvalue weighted by atomic mass is 10.1. The van der Waals surface area contributed by atoms with E-state index in [-0.39, 0.29) is 5.56 Å². The van der Waals surface area contributed by atoms with Crippen molar-refractivity contribution < 1.29 is 14.6 Å². The highest BCUT2D eigenvalue weighted by atomic mass is 32.1. The molecule has 1 heterocycles. The van der Waals surface area contributed by atoms with Gasteiger partial charge in [0.15, 0.2) is 0 Å². The molecule has 0 amide bonds. The summed E-state index contributed by atoms with van der Waals surface area (Å²) < 4.78 is 5.71. The van der Waals surface area contributed by atoms with E-state index in [0.29, 0.717) is 6.61 Å². The van der Waals surface area contributed by atoms with Gasteiger partial charge in [0.05, 0.1) is 5.56 Å². The van der Waals surface area contributed by atoms with E-state index in [4.69, 9.17) is 9.84 Å². The van der Waals surface area contributed by atoms with Crippen LogP contribution in [0.3, 0.4) is 0 Å². The van der Waals surface area contributed by atoms with Crippen molar-refractivity contribution in [3.05, 3.63) is 76.5 Å². The minimum absolute atomic E-state index is 0.272. The summed E-state index contributed by atoms with van der Waals surface area (Å²) in [5, 5.41) is 13.1. The summed E-state index contributed by atoms with van der Waals surface area (Å²) in [6, 6.07) is 16.7. The first-order valence-corrected chi connectivity index (χ1v) is 7.74. The van der Waals surface area contributed by atoms with Crippen LogP contribution >= 0.6 is 11.3 Å². The Morgan fingerprint density at radius 1 is 1.05 bits per heavy atom. The maximum atomic E-state index is 10.9. The zero-order valence-corrected chi connectivity index (χ0v) is 12.5. The SMILES string of the molecule is O=C(O)c1cccc(COc2ccc(-c3ccsc3)cc2)c1. The van der Waals surface area contributed by atoms with Crippen LogP contribution in [0, 0.1) is 0 Å². The number of carbonyl (C=O) groups is 1. The van der Waals surface area contributed by atoms with Gasteiger partial charge in [0.2, 0.25) is 0 Å². The third kappa shape index (κ3) is 3.35. The van der Waals surface area contributed by atoms with E-state index in [0.717, 1.165) is 16.9 Å². The van der Waals surface area contributed by atoms with Crippen molar-refractivity contribution >= 4 is 17.3 Å². The normalized spacial score (nSPS) is 10.4. The molecule has 2 aromatic carbocycles. The number of aromatic carboxylic acids is 1. The van der Waals surface area contributed by atoms with Gasteiger partial charge >= 0.3 is 5.97 Å². The summed E-state index contributed by atoms with van der Waals surface area (Å²) in [6.45, 7) is 0.346. The second kappa shape index (κ2) is 6.45. The Morgan fingerprint density at radius 3 is 2.55 bits per heavy atom. The Balaban J connectivity index is 1.66. The Bertz CT molecular complexity index is 761. The Morgan fingerprint density at radius 2 is 1.86 bits per heavy atom. The van der Waals surface area contributed by atoms with E-state index in [1.807, 2.05) is 30.3 Å². The average Bonchev–Trinajstić information content (AvgIpc) is 3.08. The van der Waals surface area contributed by atoms with Crippen molar-refractivity contribution in [2.24, 2.45) is 0 Å². The van der Waals surface area contributed by atoms with E-state index < -0.39 is 5.97 Å². The first-order chi connectivity index (χ1) is 10.7. The molecule has 0 aliphatic heterocycles. The van der Waals surface area contributed by atoms with Crippen LogP contribution in [0.5, 0.6) is 5.75 Å². The molecule has 1 aromatic heterocycles. The maximum Gasteiger partial charge on any atom is 0.335 e. The number of rotatable bonds is 5. The number of hydrogen-bond donors (Lipinski definition) is 1. The van der Waals surface area contributed by atoms with E-state index in [9.17, 15) is 4.79 Å². The van der Waals surface area contributed by atoms with Crippen LogP contribution < -0.4 is 4.74 Å². The molecule has 0 aliphatic carbocycles. The zero-order chi connectivity index (χ0) is 15.4. The largest absolute Gasteiger partial charge is 0.489 e. The molecule has 110 valence electrons. The molecule has 3 nitrogen and oxygen atoms in total. The van der Waals surface area contributed by atoms with Gasteiger partial charge in [-0.2, -0.15) is 11.3 Å². The molecule has 0 saturated carbocycles. The summed E-state index contributed by atoms with van der Waals surface area (Å²) in [5.41, 5.74) is 3.46. The minimum Gasteiger partial charge on any atom is -0.489 e. The molecule has 0 bridgehead atoms. The van der Waals surface area contributed by atoms with Crippen LogP contribution in [0.15, 0.2) is 65.4 Å². The molecular formula is C18H14O3S. The summed E-state index contributed by atoms with van der Waals surface area (Å²) in [5.74, 6) is -0.165. The fourth-order valence-corrected chi connectivity index (χ4v) is 2.80. The van der Waals surface area contributed by atoms with E-state index in [1.165, 1.54) is 5.56 Å². The third-order valence-corrected chi connectivity index (χ3v) is 3.97. The van der Waals surface area contributed by atoms with Gasteiger partial charge < -0.3 is 9.84 Å². The van der Waals surface area contributed by atoms with Gasteiger partial charge in [0.1, 0.15) is 12.4 Å². The van der Waals surface area contributed by atoms with Gasteiger partial charge in [-0.25, -0.2) is 4.79 Å². The molecular weight excluding hydrogens is 296 g/mol. The molecule has 4 heteroatoms. The molecule has 22 heavy (non-hydrogen) atoms. The van der Waals surface area contributed by atoms with Crippen LogP contribution in [0.25, 0.3) is 11.1 Å². The number of hydrogen-bond acceptors (Lipinski definition) is 3. The van der Waals surface area contributed by atoms with Crippen molar-refractivity contribution in [1.82, 2.24) is 0 Å². The standard InChI is InChI=1S/C18H14O3S/c19-18(20)15-3-1-2-13(10-15)11-21-17-6-4-14(5-7-17)16-8-9-22-12-16/h1-10,12H,11H2,(H,19,20). The summed E-state index contributed by atoms with van der Waals surface area (Å²) in [7, 11) is 0. The summed E-state index contributed by atoms with van der Waals surface area (Å²) >= 11 is 1.67. The van der Waals surface area contributed by atoms with Gasteiger partial charge in [-0.3, -0.25) is 0 Å². The van der Waals surface area contributed by atoms with Crippen LogP contribution in [0.2, 0.25) is 0 Å². The minimum atomic E-state index is -0.929. The predicted octanol–water partition coefficient (Wildman–Crippen LogP) is 4.69. The molecule has 0 atom stereocenters. The fraction of sp³-hybridized carbons (Fsp3) is 0.0556. The van der Waals surface area contributed by atoms with Crippen LogP contribution in [-0.4, -0.2) is 11.1 Å². The molecule has 0 unspecified atom stereocenters. The first kappa shape index (κ1) is 14.4. The van der Waals surface area contributed by atoms with Gasteiger partial charge in [0, 0.05) is 0 Å². The Hall–Kier alpha value is -2.59. The number of ether oxygens (including phenoxy) is 1. The quantitative estimate of drug-likeness (QED) is 0.743. The molecule has 0 saturated heterocycles. The lowest BCUT2D eigenvalue weighted by molar-refractivity contribution is 0.0696. The highest BCUT2D eigenvalue weighted by Crippen LogP contribution is 2.24. The van der Waals surface area contributed by atoms with Crippen molar-refractivity contribution in [2.75, 3.05) is 0 Å². The molecule has 0 spiro atoms. The van der Waals surface area contributed by atoms with Crippen molar-refractivity contribution in [1.29, 1.82) is 0 Å². The number of benzene rings is 2. The zero-order valence-electron chi connectivity index (χ0n) is 11.7. The van der Waals surface area contributed by atoms with Gasteiger partial charge in [-0.15, -0.1) is 0 Å². The molecule has 1 N–H and O–H groups in total. The van der Waals surface area contributed by atoms with E-state index in [2.05, 4.69) is 16.8 Å². The van der Waals surface area contributed by atoms with E-state index in [1.54, 1.807) is 29.5 Å². The second-order valence-electron chi connectivity index (χ2n) is 4.83. The summed E-state index contributed by atoms with van der Waals surface area (Å²) in [4.78, 5) is 10.9. The molecule has 0 fully saturated rings. The van der Waals surface area contributed by atoms with Crippen LogP contribution in [0.4, 0.5) is 0 Å². The highest BCUT2D eigenvalue weighted by Gasteiger charge is 2.04.